The Hall–Kier alpha value is -1.65. The summed E-state index contributed by atoms with van der Waals surface area (Å²) in [5.74, 6) is 0. The molecule has 0 aliphatic carbocycles. The van der Waals surface area contributed by atoms with E-state index in [0.29, 0.717) is 0 Å². The Kier molecular flexibility index (Phi) is 4.26. The van der Waals surface area contributed by atoms with E-state index in [4.69, 9.17) is 5.73 Å². The summed E-state index contributed by atoms with van der Waals surface area (Å²) in [5.41, 5.74) is 9.09. The van der Waals surface area contributed by atoms with Crippen molar-refractivity contribution in [1.29, 1.82) is 0 Å². The van der Waals surface area contributed by atoms with Crippen molar-refractivity contribution in [3.05, 3.63) is 60.2 Å². The zero-order valence-corrected chi connectivity index (χ0v) is 12.5. The molecule has 0 amide bonds. The van der Waals surface area contributed by atoms with Gasteiger partial charge < -0.3 is 5.73 Å². The normalized spacial score (nSPS) is 14.8. The molecule has 0 fully saturated rings. The number of hydrogen-bond donors (Lipinski definition) is 1. The van der Waals surface area contributed by atoms with Crippen LogP contribution in [-0.4, -0.2) is 19.9 Å². The van der Waals surface area contributed by atoms with Crippen LogP contribution >= 0.6 is 0 Å². The van der Waals surface area contributed by atoms with Gasteiger partial charge in [0, 0.05) is 12.3 Å². The first-order valence-electron chi connectivity index (χ1n) is 6.49. The molecule has 0 aromatic heterocycles. The highest BCUT2D eigenvalue weighted by Gasteiger charge is 2.23. The quantitative estimate of drug-likeness (QED) is 0.941. The molecule has 2 atom stereocenters. The summed E-state index contributed by atoms with van der Waals surface area (Å²) in [7, 11) is -3.14. The molecule has 2 rings (SSSR count). The van der Waals surface area contributed by atoms with Crippen molar-refractivity contribution in [3.63, 3.8) is 0 Å². The topological polar surface area (TPSA) is 60.2 Å². The minimum absolute atomic E-state index is 0.505. The minimum atomic E-state index is -3.14. The molecule has 2 aromatic rings. The SMILES string of the molecule is C[C@H]([C@@H](N)c1ccc(-c2ccccc2)cc1)S(C)(=O)=O. The van der Waals surface area contributed by atoms with Gasteiger partial charge in [-0.15, -0.1) is 0 Å². The molecule has 0 bridgehead atoms. The number of sulfone groups is 1. The van der Waals surface area contributed by atoms with Crippen molar-refractivity contribution in [3.8, 4) is 11.1 Å². The van der Waals surface area contributed by atoms with Gasteiger partial charge in [0.1, 0.15) is 0 Å². The van der Waals surface area contributed by atoms with E-state index >= 15 is 0 Å². The first kappa shape index (κ1) is 14.8. The molecular formula is C16H19NO2S. The Bertz CT molecular complexity index is 663. The van der Waals surface area contributed by atoms with Crippen LogP contribution in [0.25, 0.3) is 11.1 Å². The van der Waals surface area contributed by atoms with Crippen LogP contribution in [0, 0.1) is 0 Å². The largest absolute Gasteiger partial charge is 0.323 e. The van der Waals surface area contributed by atoms with Crippen molar-refractivity contribution in [2.24, 2.45) is 5.73 Å². The highest BCUT2D eigenvalue weighted by atomic mass is 32.2. The first-order chi connectivity index (χ1) is 9.39. The zero-order valence-electron chi connectivity index (χ0n) is 11.7. The molecule has 0 unspecified atom stereocenters. The van der Waals surface area contributed by atoms with Crippen molar-refractivity contribution in [1.82, 2.24) is 0 Å². The van der Waals surface area contributed by atoms with Gasteiger partial charge in [-0.25, -0.2) is 8.42 Å². The van der Waals surface area contributed by atoms with Crippen LogP contribution < -0.4 is 5.73 Å². The molecule has 2 aromatic carbocycles. The van der Waals surface area contributed by atoms with Gasteiger partial charge >= 0.3 is 0 Å². The fourth-order valence-corrected chi connectivity index (χ4v) is 2.76. The van der Waals surface area contributed by atoms with Crippen molar-refractivity contribution >= 4 is 9.84 Å². The lowest BCUT2D eigenvalue weighted by Crippen LogP contribution is -2.30. The predicted octanol–water partition coefficient (Wildman–Crippen LogP) is 2.79. The fourth-order valence-electron chi connectivity index (χ4n) is 2.07. The van der Waals surface area contributed by atoms with Crippen LogP contribution in [0.5, 0.6) is 0 Å². The number of rotatable bonds is 4. The molecule has 0 heterocycles. The molecule has 0 spiro atoms. The summed E-state index contributed by atoms with van der Waals surface area (Å²) < 4.78 is 23.1. The molecule has 0 saturated heterocycles. The summed E-state index contributed by atoms with van der Waals surface area (Å²) in [6.07, 6.45) is 1.22. The Morgan fingerprint density at radius 2 is 1.40 bits per heavy atom. The minimum Gasteiger partial charge on any atom is -0.323 e. The number of hydrogen-bond acceptors (Lipinski definition) is 3. The molecule has 0 saturated carbocycles. The second-order valence-corrected chi connectivity index (χ2v) is 7.45. The van der Waals surface area contributed by atoms with Crippen molar-refractivity contribution < 1.29 is 8.42 Å². The summed E-state index contributed by atoms with van der Waals surface area (Å²) in [5, 5.41) is -0.593. The number of nitrogens with two attached hydrogens (primary N) is 1. The Balaban J connectivity index is 2.25. The third-order valence-electron chi connectivity index (χ3n) is 3.58. The van der Waals surface area contributed by atoms with E-state index in [1.807, 2.05) is 54.6 Å². The van der Waals surface area contributed by atoms with Gasteiger partial charge in [0.15, 0.2) is 9.84 Å². The van der Waals surface area contributed by atoms with E-state index in [2.05, 4.69) is 0 Å². The molecule has 0 radical (unpaired) electrons. The van der Waals surface area contributed by atoms with E-state index in [-0.39, 0.29) is 0 Å². The second-order valence-electron chi connectivity index (χ2n) is 5.05. The zero-order chi connectivity index (χ0) is 14.8. The molecule has 0 aliphatic rings. The molecule has 106 valence electrons. The Morgan fingerprint density at radius 3 is 1.90 bits per heavy atom. The van der Waals surface area contributed by atoms with E-state index in [0.717, 1.165) is 16.7 Å². The van der Waals surface area contributed by atoms with Gasteiger partial charge in [-0.1, -0.05) is 54.6 Å². The first-order valence-corrected chi connectivity index (χ1v) is 8.45. The molecule has 3 nitrogen and oxygen atoms in total. The maximum Gasteiger partial charge on any atom is 0.151 e. The van der Waals surface area contributed by atoms with Crippen molar-refractivity contribution in [2.45, 2.75) is 18.2 Å². The van der Waals surface area contributed by atoms with Crippen LogP contribution in [-0.2, 0) is 9.84 Å². The lowest BCUT2D eigenvalue weighted by Gasteiger charge is -2.19. The predicted molar refractivity (Wildman–Crippen MR) is 83.1 cm³/mol. The van der Waals surface area contributed by atoms with E-state index in [1.54, 1.807) is 6.92 Å². The standard InChI is InChI=1S/C16H19NO2S/c1-12(20(2,18)19)16(17)15-10-8-14(9-11-15)13-6-4-3-5-7-13/h3-12,16H,17H2,1-2H3/t12-,16-/m1/s1. The molecule has 20 heavy (non-hydrogen) atoms. The van der Waals surface area contributed by atoms with Gasteiger partial charge in [0.2, 0.25) is 0 Å². The lowest BCUT2D eigenvalue weighted by atomic mass is 10.00. The Labute approximate surface area is 120 Å². The van der Waals surface area contributed by atoms with Crippen LogP contribution in [0.3, 0.4) is 0 Å². The van der Waals surface area contributed by atoms with Crippen LogP contribution in [0.4, 0.5) is 0 Å². The summed E-state index contributed by atoms with van der Waals surface area (Å²) in [6, 6.07) is 17.3. The lowest BCUT2D eigenvalue weighted by molar-refractivity contribution is 0.571. The second kappa shape index (κ2) is 5.77. The number of benzene rings is 2. The van der Waals surface area contributed by atoms with E-state index in [1.165, 1.54) is 6.26 Å². The van der Waals surface area contributed by atoms with Gasteiger partial charge in [0.25, 0.3) is 0 Å². The average Bonchev–Trinajstić information content (AvgIpc) is 2.46. The summed E-state index contributed by atoms with van der Waals surface area (Å²) in [6.45, 7) is 1.64. The Morgan fingerprint density at radius 1 is 0.900 bits per heavy atom. The summed E-state index contributed by atoms with van der Waals surface area (Å²) in [4.78, 5) is 0. The molecule has 4 heteroatoms. The van der Waals surface area contributed by atoms with Crippen LogP contribution in [0.1, 0.15) is 18.5 Å². The maximum atomic E-state index is 11.6. The fraction of sp³-hybridized carbons (Fsp3) is 0.250. The third-order valence-corrected chi connectivity index (χ3v) is 5.23. The van der Waals surface area contributed by atoms with Gasteiger partial charge in [-0.2, -0.15) is 0 Å². The molecule has 0 aliphatic heterocycles. The van der Waals surface area contributed by atoms with Crippen LogP contribution in [0.2, 0.25) is 0 Å². The molecular weight excluding hydrogens is 270 g/mol. The molecule has 2 N–H and O–H groups in total. The highest BCUT2D eigenvalue weighted by molar-refractivity contribution is 7.91. The van der Waals surface area contributed by atoms with Crippen molar-refractivity contribution in [2.75, 3.05) is 6.26 Å². The van der Waals surface area contributed by atoms with Gasteiger partial charge in [-0.05, 0) is 23.6 Å². The maximum absolute atomic E-state index is 11.6. The summed E-state index contributed by atoms with van der Waals surface area (Å²) >= 11 is 0. The average molecular weight is 289 g/mol. The smallest absolute Gasteiger partial charge is 0.151 e. The van der Waals surface area contributed by atoms with Gasteiger partial charge in [0.05, 0.1) is 5.25 Å². The van der Waals surface area contributed by atoms with E-state index < -0.39 is 21.1 Å². The van der Waals surface area contributed by atoms with E-state index in [9.17, 15) is 8.42 Å². The monoisotopic (exact) mass is 289 g/mol. The van der Waals surface area contributed by atoms with Gasteiger partial charge in [-0.3, -0.25) is 0 Å². The third kappa shape index (κ3) is 3.26. The van der Waals surface area contributed by atoms with Crippen LogP contribution in [0.15, 0.2) is 54.6 Å². The highest BCUT2D eigenvalue weighted by Crippen LogP contribution is 2.24.